The molecule has 4 nitrogen and oxygen atoms in total. The first-order valence-corrected chi connectivity index (χ1v) is 5.43. The summed E-state index contributed by atoms with van der Waals surface area (Å²) in [6.07, 6.45) is 3.80. The third-order valence-corrected chi connectivity index (χ3v) is 2.48. The van der Waals surface area contributed by atoms with E-state index >= 15 is 0 Å². The minimum absolute atomic E-state index is 0.0936. The molecule has 0 aliphatic carbocycles. The first kappa shape index (κ1) is 11.9. The zero-order chi connectivity index (χ0) is 13.0. The van der Waals surface area contributed by atoms with Crippen molar-refractivity contribution in [2.24, 2.45) is 0 Å². The van der Waals surface area contributed by atoms with Crippen molar-refractivity contribution in [1.82, 2.24) is 0 Å². The number of anilines is 1. The monoisotopic (exact) mass is 240 g/mol. The second-order valence-corrected chi connectivity index (χ2v) is 3.85. The number of nitrogen functional groups attached to an aromatic ring is 1. The molecule has 0 fully saturated rings. The largest absolute Gasteiger partial charge is 0.399 e. The first-order chi connectivity index (χ1) is 8.65. The van der Waals surface area contributed by atoms with Gasteiger partial charge in [0.1, 0.15) is 0 Å². The van der Waals surface area contributed by atoms with Gasteiger partial charge in [-0.05, 0) is 35.4 Å². The van der Waals surface area contributed by atoms with Crippen LogP contribution in [-0.2, 0) is 0 Å². The summed E-state index contributed by atoms with van der Waals surface area (Å²) >= 11 is 0. The van der Waals surface area contributed by atoms with Crippen molar-refractivity contribution in [2.75, 3.05) is 5.73 Å². The van der Waals surface area contributed by atoms with E-state index in [-0.39, 0.29) is 5.69 Å². The predicted molar refractivity (Wildman–Crippen MR) is 72.9 cm³/mol. The number of benzene rings is 2. The zero-order valence-electron chi connectivity index (χ0n) is 9.61. The fourth-order valence-electron chi connectivity index (χ4n) is 1.56. The van der Waals surface area contributed by atoms with Crippen molar-refractivity contribution >= 4 is 23.5 Å². The second kappa shape index (κ2) is 5.14. The molecule has 0 radical (unpaired) electrons. The molecule has 0 saturated heterocycles. The number of nitrogens with zero attached hydrogens (tertiary/aromatic N) is 1. The van der Waals surface area contributed by atoms with Crippen molar-refractivity contribution in [3.63, 3.8) is 0 Å². The number of nitro groups is 1. The molecule has 2 N–H and O–H groups in total. The fourth-order valence-corrected chi connectivity index (χ4v) is 1.56. The molecule has 0 aliphatic heterocycles. The van der Waals surface area contributed by atoms with Crippen LogP contribution in [0.15, 0.2) is 48.5 Å². The van der Waals surface area contributed by atoms with Gasteiger partial charge in [0.25, 0.3) is 5.69 Å². The van der Waals surface area contributed by atoms with E-state index in [0.717, 1.165) is 11.1 Å². The lowest BCUT2D eigenvalue weighted by atomic mass is 10.1. The van der Waals surface area contributed by atoms with Crippen molar-refractivity contribution < 1.29 is 4.92 Å². The lowest BCUT2D eigenvalue weighted by Crippen LogP contribution is -1.86. The lowest BCUT2D eigenvalue weighted by molar-refractivity contribution is -0.384. The molecule has 2 aromatic carbocycles. The van der Waals surface area contributed by atoms with E-state index in [1.807, 2.05) is 36.4 Å². The molecular weight excluding hydrogens is 228 g/mol. The fraction of sp³-hybridized carbons (Fsp3) is 0. The summed E-state index contributed by atoms with van der Waals surface area (Å²) in [5.41, 5.74) is 8.37. The van der Waals surface area contributed by atoms with E-state index in [1.165, 1.54) is 12.1 Å². The van der Waals surface area contributed by atoms with E-state index in [1.54, 1.807) is 12.1 Å². The molecule has 2 aromatic rings. The summed E-state index contributed by atoms with van der Waals surface area (Å²) < 4.78 is 0. The molecule has 18 heavy (non-hydrogen) atoms. The van der Waals surface area contributed by atoms with Crippen LogP contribution in [0.1, 0.15) is 11.1 Å². The number of nitro benzene ring substituents is 1. The molecule has 0 saturated carbocycles. The SMILES string of the molecule is Nc1cccc(/C=C\c2ccc([N+](=O)[O-])cc2)c1. The minimum Gasteiger partial charge on any atom is -0.399 e. The Labute approximate surface area is 105 Å². The number of nitrogens with two attached hydrogens (primary N) is 1. The normalized spacial score (nSPS) is 10.7. The standard InChI is InChI=1S/C14H12N2O2/c15-13-3-1-2-12(10-13)5-4-11-6-8-14(9-7-11)16(17)18/h1-10H,15H2/b5-4-. The Morgan fingerprint density at radius 2 is 1.67 bits per heavy atom. The van der Waals surface area contributed by atoms with Crippen molar-refractivity contribution in [1.29, 1.82) is 0 Å². The van der Waals surface area contributed by atoms with Crippen LogP contribution in [-0.4, -0.2) is 4.92 Å². The molecule has 0 aromatic heterocycles. The molecule has 0 atom stereocenters. The van der Waals surface area contributed by atoms with Gasteiger partial charge in [-0.1, -0.05) is 24.3 Å². The number of hydrogen-bond donors (Lipinski definition) is 1. The molecule has 0 bridgehead atoms. The second-order valence-electron chi connectivity index (χ2n) is 3.85. The maximum atomic E-state index is 10.5. The van der Waals surface area contributed by atoms with E-state index in [4.69, 9.17) is 5.73 Å². The quantitative estimate of drug-likeness (QED) is 0.387. The van der Waals surface area contributed by atoms with Gasteiger partial charge in [0.15, 0.2) is 0 Å². The Morgan fingerprint density at radius 1 is 1.00 bits per heavy atom. The summed E-state index contributed by atoms with van der Waals surface area (Å²) in [4.78, 5) is 10.1. The van der Waals surface area contributed by atoms with Crippen LogP contribution < -0.4 is 5.73 Å². The summed E-state index contributed by atoms with van der Waals surface area (Å²) in [5.74, 6) is 0. The maximum absolute atomic E-state index is 10.5. The number of non-ortho nitro benzene ring substituents is 1. The topological polar surface area (TPSA) is 69.2 Å². The Bertz CT molecular complexity index is 589. The van der Waals surface area contributed by atoms with Gasteiger partial charge in [-0.15, -0.1) is 0 Å². The van der Waals surface area contributed by atoms with Gasteiger partial charge in [-0.25, -0.2) is 0 Å². The van der Waals surface area contributed by atoms with Gasteiger partial charge in [0, 0.05) is 17.8 Å². The van der Waals surface area contributed by atoms with Gasteiger partial charge in [-0.2, -0.15) is 0 Å². The highest BCUT2D eigenvalue weighted by Gasteiger charge is 2.01. The van der Waals surface area contributed by atoms with Crippen molar-refractivity contribution in [3.8, 4) is 0 Å². The Balaban J connectivity index is 2.16. The third kappa shape index (κ3) is 2.95. The van der Waals surface area contributed by atoms with Gasteiger partial charge in [-0.3, -0.25) is 10.1 Å². The Kier molecular flexibility index (Phi) is 3.38. The third-order valence-electron chi connectivity index (χ3n) is 2.48. The van der Waals surface area contributed by atoms with E-state index in [9.17, 15) is 10.1 Å². The smallest absolute Gasteiger partial charge is 0.269 e. The van der Waals surface area contributed by atoms with Crippen LogP contribution in [0.5, 0.6) is 0 Å². The molecule has 0 aliphatic rings. The Morgan fingerprint density at radius 3 is 2.28 bits per heavy atom. The summed E-state index contributed by atoms with van der Waals surface area (Å²) in [6.45, 7) is 0. The molecule has 0 spiro atoms. The van der Waals surface area contributed by atoms with Crippen LogP contribution in [0.25, 0.3) is 12.2 Å². The highest BCUT2D eigenvalue weighted by molar-refractivity contribution is 5.71. The maximum Gasteiger partial charge on any atom is 0.269 e. The van der Waals surface area contributed by atoms with Crippen LogP contribution in [0.2, 0.25) is 0 Å². The number of hydrogen-bond acceptors (Lipinski definition) is 3. The van der Waals surface area contributed by atoms with Gasteiger partial charge in [0.05, 0.1) is 4.92 Å². The lowest BCUT2D eigenvalue weighted by Gasteiger charge is -1.96. The molecule has 4 heteroatoms. The predicted octanol–water partition coefficient (Wildman–Crippen LogP) is 3.35. The zero-order valence-corrected chi connectivity index (χ0v) is 9.61. The molecule has 0 amide bonds. The van der Waals surface area contributed by atoms with Gasteiger partial charge >= 0.3 is 0 Å². The van der Waals surface area contributed by atoms with Crippen LogP contribution in [0.3, 0.4) is 0 Å². The van der Waals surface area contributed by atoms with Gasteiger partial charge in [0.2, 0.25) is 0 Å². The summed E-state index contributed by atoms with van der Waals surface area (Å²) in [5, 5.41) is 10.5. The average molecular weight is 240 g/mol. The van der Waals surface area contributed by atoms with Crippen molar-refractivity contribution in [2.45, 2.75) is 0 Å². The average Bonchev–Trinajstić information content (AvgIpc) is 2.37. The van der Waals surface area contributed by atoms with Crippen LogP contribution in [0.4, 0.5) is 11.4 Å². The minimum atomic E-state index is -0.411. The molecule has 2 rings (SSSR count). The molecular formula is C14H12N2O2. The summed E-state index contributed by atoms with van der Waals surface area (Å²) in [6, 6.07) is 13.9. The molecule has 0 unspecified atom stereocenters. The summed E-state index contributed by atoms with van der Waals surface area (Å²) in [7, 11) is 0. The van der Waals surface area contributed by atoms with Crippen LogP contribution in [0, 0.1) is 10.1 Å². The number of rotatable bonds is 3. The molecule has 0 heterocycles. The van der Waals surface area contributed by atoms with Crippen LogP contribution >= 0.6 is 0 Å². The highest BCUT2D eigenvalue weighted by atomic mass is 16.6. The van der Waals surface area contributed by atoms with E-state index in [2.05, 4.69) is 0 Å². The van der Waals surface area contributed by atoms with Crippen molar-refractivity contribution in [3.05, 3.63) is 69.8 Å². The van der Waals surface area contributed by atoms with E-state index in [0.29, 0.717) is 5.69 Å². The first-order valence-electron chi connectivity index (χ1n) is 5.43. The van der Waals surface area contributed by atoms with E-state index < -0.39 is 4.92 Å². The molecule has 90 valence electrons. The Hall–Kier alpha value is -2.62. The highest BCUT2D eigenvalue weighted by Crippen LogP contribution is 2.15. The van der Waals surface area contributed by atoms with Gasteiger partial charge < -0.3 is 5.73 Å².